The zero-order valence-electron chi connectivity index (χ0n) is 11.2. The van der Waals surface area contributed by atoms with Gasteiger partial charge in [0.15, 0.2) is 0 Å². The highest BCUT2D eigenvalue weighted by Gasteiger charge is 2.33. The highest BCUT2D eigenvalue weighted by Crippen LogP contribution is 2.34. The second kappa shape index (κ2) is 5.63. The van der Waals surface area contributed by atoms with Gasteiger partial charge >= 0.3 is 0 Å². The summed E-state index contributed by atoms with van der Waals surface area (Å²) in [5, 5.41) is 8.85. The van der Waals surface area contributed by atoms with E-state index in [0.29, 0.717) is 5.56 Å². The molecule has 0 N–H and O–H groups in total. The van der Waals surface area contributed by atoms with Crippen LogP contribution in [0.1, 0.15) is 31.2 Å². The van der Waals surface area contributed by atoms with Gasteiger partial charge in [-0.25, -0.2) is 0 Å². The topological polar surface area (TPSA) is 36.3 Å². The third-order valence-electron chi connectivity index (χ3n) is 3.86. The second-order valence-electron chi connectivity index (χ2n) is 5.66. The molecule has 3 heteroatoms. The molecule has 0 aromatic heterocycles. The number of rotatable bonds is 7. The van der Waals surface area contributed by atoms with Crippen molar-refractivity contribution in [3.8, 4) is 11.8 Å². The van der Waals surface area contributed by atoms with Crippen molar-refractivity contribution in [1.82, 2.24) is 4.90 Å². The summed E-state index contributed by atoms with van der Waals surface area (Å²) in [6.07, 6.45) is 5.54. The van der Waals surface area contributed by atoms with E-state index in [-0.39, 0.29) is 0 Å². The Morgan fingerprint density at radius 1 is 1.26 bits per heavy atom. The molecule has 3 nitrogen and oxygen atoms in total. The molecule has 1 aromatic carbocycles. The van der Waals surface area contributed by atoms with E-state index in [9.17, 15) is 0 Å². The van der Waals surface area contributed by atoms with Crippen molar-refractivity contribution in [2.24, 2.45) is 5.92 Å². The summed E-state index contributed by atoms with van der Waals surface area (Å²) in [4.78, 5) is 2.59. The van der Waals surface area contributed by atoms with Crippen molar-refractivity contribution < 1.29 is 4.74 Å². The molecule has 0 heterocycles. The van der Waals surface area contributed by atoms with E-state index in [1.54, 1.807) is 6.07 Å². The van der Waals surface area contributed by atoms with Crippen molar-refractivity contribution >= 4 is 0 Å². The zero-order chi connectivity index (χ0) is 13.1. The van der Waals surface area contributed by atoms with E-state index in [2.05, 4.69) is 11.0 Å². The molecule has 0 spiro atoms. The monoisotopic (exact) mass is 256 g/mol. The predicted molar refractivity (Wildman–Crippen MR) is 74.0 cm³/mol. The van der Waals surface area contributed by atoms with Crippen LogP contribution in [0.2, 0.25) is 0 Å². The molecule has 0 atom stereocenters. The SMILES string of the molecule is N#Cc1cccc(OCCN(CC2CC2)C2CC2)c1. The summed E-state index contributed by atoms with van der Waals surface area (Å²) in [6.45, 7) is 2.99. The maximum Gasteiger partial charge on any atom is 0.120 e. The summed E-state index contributed by atoms with van der Waals surface area (Å²) < 4.78 is 5.77. The lowest BCUT2D eigenvalue weighted by atomic mass is 10.2. The van der Waals surface area contributed by atoms with E-state index in [1.165, 1.54) is 32.2 Å². The molecule has 2 fully saturated rings. The summed E-state index contributed by atoms with van der Waals surface area (Å²) >= 11 is 0. The van der Waals surface area contributed by atoms with Gasteiger partial charge in [0.05, 0.1) is 11.6 Å². The molecule has 0 saturated heterocycles. The van der Waals surface area contributed by atoms with Gasteiger partial charge in [-0.15, -0.1) is 0 Å². The lowest BCUT2D eigenvalue weighted by molar-refractivity contribution is 0.195. The van der Waals surface area contributed by atoms with Crippen molar-refractivity contribution in [1.29, 1.82) is 5.26 Å². The molecule has 0 unspecified atom stereocenters. The van der Waals surface area contributed by atoms with Gasteiger partial charge in [0.2, 0.25) is 0 Å². The van der Waals surface area contributed by atoms with Crippen LogP contribution in [0.3, 0.4) is 0 Å². The first-order chi connectivity index (χ1) is 9.35. The van der Waals surface area contributed by atoms with Gasteiger partial charge in [0, 0.05) is 19.1 Å². The number of ether oxygens (including phenoxy) is 1. The third-order valence-corrected chi connectivity index (χ3v) is 3.86. The molecule has 2 saturated carbocycles. The van der Waals surface area contributed by atoms with Crippen LogP contribution in [0.5, 0.6) is 5.75 Å². The Balaban J connectivity index is 1.46. The quantitative estimate of drug-likeness (QED) is 0.752. The maximum atomic E-state index is 8.85. The molecule has 2 aliphatic carbocycles. The molecule has 0 radical (unpaired) electrons. The average molecular weight is 256 g/mol. The Kier molecular flexibility index (Phi) is 3.70. The predicted octanol–water partition coefficient (Wildman–Crippen LogP) is 2.81. The molecule has 3 rings (SSSR count). The smallest absolute Gasteiger partial charge is 0.120 e. The van der Waals surface area contributed by atoms with Crippen molar-refractivity contribution in [3.05, 3.63) is 29.8 Å². The molecule has 100 valence electrons. The van der Waals surface area contributed by atoms with E-state index in [4.69, 9.17) is 10.00 Å². The second-order valence-corrected chi connectivity index (χ2v) is 5.66. The standard InChI is InChI=1S/C16H20N2O/c17-11-14-2-1-3-16(10-14)19-9-8-18(15-6-7-15)12-13-4-5-13/h1-3,10,13,15H,4-9,12H2. The van der Waals surface area contributed by atoms with Crippen LogP contribution < -0.4 is 4.74 Å². The molecular formula is C16H20N2O. The van der Waals surface area contributed by atoms with Gasteiger partial charge in [-0.1, -0.05) is 6.07 Å². The molecule has 19 heavy (non-hydrogen) atoms. The Morgan fingerprint density at radius 2 is 2.11 bits per heavy atom. The van der Waals surface area contributed by atoms with Gasteiger partial charge in [-0.2, -0.15) is 5.26 Å². The largest absolute Gasteiger partial charge is 0.492 e. The summed E-state index contributed by atoms with van der Waals surface area (Å²) in [5.41, 5.74) is 0.662. The van der Waals surface area contributed by atoms with Gasteiger partial charge < -0.3 is 4.74 Å². The molecule has 0 aliphatic heterocycles. The fraction of sp³-hybridized carbons (Fsp3) is 0.562. The van der Waals surface area contributed by atoms with E-state index in [1.807, 2.05) is 18.2 Å². The van der Waals surface area contributed by atoms with Gasteiger partial charge in [0.1, 0.15) is 12.4 Å². The molecule has 1 aromatic rings. The average Bonchev–Trinajstić information content (AvgIpc) is 3.30. The minimum atomic E-state index is 0.662. The summed E-state index contributed by atoms with van der Waals surface area (Å²) in [6, 6.07) is 10.4. The third kappa shape index (κ3) is 3.71. The Hall–Kier alpha value is -1.53. The minimum absolute atomic E-state index is 0.662. The Bertz CT molecular complexity index is 472. The van der Waals surface area contributed by atoms with Crippen LogP contribution in [0, 0.1) is 17.2 Å². The first kappa shape index (κ1) is 12.5. The maximum absolute atomic E-state index is 8.85. The van der Waals surface area contributed by atoms with Crippen molar-refractivity contribution in [3.63, 3.8) is 0 Å². The van der Waals surface area contributed by atoms with Crippen LogP contribution in [0.4, 0.5) is 0 Å². The molecule has 0 amide bonds. The summed E-state index contributed by atoms with van der Waals surface area (Å²) in [7, 11) is 0. The van der Waals surface area contributed by atoms with Gasteiger partial charge in [-0.05, 0) is 49.8 Å². The van der Waals surface area contributed by atoms with E-state index < -0.39 is 0 Å². The highest BCUT2D eigenvalue weighted by atomic mass is 16.5. The van der Waals surface area contributed by atoms with E-state index in [0.717, 1.165) is 30.9 Å². The Labute approximate surface area is 114 Å². The van der Waals surface area contributed by atoms with Crippen LogP contribution >= 0.6 is 0 Å². The number of hydrogen-bond donors (Lipinski definition) is 0. The van der Waals surface area contributed by atoms with Crippen LogP contribution in [0.25, 0.3) is 0 Å². The van der Waals surface area contributed by atoms with Crippen LogP contribution in [-0.4, -0.2) is 30.6 Å². The van der Waals surface area contributed by atoms with E-state index >= 15 is 0 Å². The molecular weight excluding hydrogens is 236 g/mol. The van der Waals surface area contributed by atoms with Gasteiger partial charge in [-0.3, -0.25) is 4.90 Å². The molecule has 2 aliphatic rings. The number of benzene rings is 1. The lowest BCUT2D eigenvalue weighted by Crippen LogP contribution is -2.32. The first-order valence-electron chi connectivity index (χ1n) is 7.22. The minimum Gasteiger partial charge on any atom is -0.492 e. The number of nitriles is 1. The summed E-state index contributed by atoms with van der Waals surface area (Å²) in [5.74, 6) is 1.75. The van der Waals surface area contributed by atoms with Crippen molar-refractivity contribution in [2.75, 3.05) is 19.7 Å². The van der Waals surface area contributed by atoms with Crippen LogP contribution in [-0.2, 0) is 0 Å². The zero-order valence-corrected chi connectivity index (χ0v) is 11.2. The van der Waals surface area contributed by atoms with Gasteiger partial charge in [0.25, 0.3) is 0 Å². The first-order valence-corrected chi connectivity index (χ1v) is 7.22. The fourth-order valence-electron chi connectivity index (χ4n) is 2.43. The fourth-order valence-corrected chi connectivity index (χ4v) is 2.43. The van der Waals surface area contributed by atoms with Crippen molar-refractivity contribution in [2.45, 2.75) is 31.7 Å². The Morgan fingerprint density at radius 3 is 2.79 bits per heavy atom. The normalized spacial score (nSPS) is 18.3. The number of hydrogen-bond acceptors (Lipinski definition) is 3. The highest BCUT2D eigenvalue weighted by molar-refractivity contribution is 5.36. The number of nitrogens with zero attached hydrogens (tertiary/aromatic N) is 2. The lowest BCUT2D eigenvalue weighted by Gasteiger charge is -2.21. The van der Waals surface area contributed by atoms with Crippen LogP contribution in [0.15, 0.2) is 24.3 Å². The molecule has 0 bridgehead atoms.